The summed E-state index contributed by atoms with van der Waals surface area (Å²) in [7, 11) is 0. The monoisotopic (exact) mass is 181 g/mol. The van der Waals surface area contributed by atoms with Gasteiger partial charge in [-0.2, -0.15) is 5.26 Å². The molecule has 1 nitrogen and oxygen atoms in total. The lowest BCUT2D eigenvalue weighted by Crippen LogP contribution is -1.83. The standard InChI is InChI=1S/C9H8FNS/c1-2-12-9-5-7(6-11)3-4-8(9)10/h3-5H,2H2,1H3. The van der Waals surface area contributed by atoms with Crippen molar-refractivity contribution in [3.05, 3.63) is 29.6 Å². The van der Waals surface area contributed by atoms with Crippen molar-refractivity contribution in [3.63, 3.8) is 0 Å². The van der Waals surface area contributed by atoms with Crippen LogP contribution < -0.4 is 0 Å². The van der Waals surface area contributed by atoms with Crippen LogP contribution in [0.2, 0.25) is 0 Å². The van der Waals surface area contributed by atoms with Crippen molar-refractivity contribution >= 4 is 11.8 Å². The number of nitriles is 1. The number of rotatable bonds is 2. The molecular weight excluding hydrogens is 173 g/mol. The summed E-state index contributed by atoms with van der Waals surface area (Å²) in [6.07, 6.45) is 0. The molecule has 1 aromatic rings. The Balaban J connectivity index is 3.01. The largest absolute Gasteiger partial charge is 0.206 e. The summed E-state index contributed by atoms with van der Waals surface area (Å²) in [5, 5.41) is 8.54. The van der Waals surface area contributed by atoms with E-state index in [0.717, 1.165) is 5.75 Å². The molecule has 0 aliphatic rings. The number of thioether (sulfide) groups is 1. The summed E-state index contributed by atoms with van der Waals surface area (Å²) in [6.45, 7) is 1.95. The van der Waals surface area contributed by atoms with E-state index in [0.29, 0.717) is 10.5 Å². The maximum atomic E-state index is 13.0. The lowest BCUT2D eigenvalue weighted by atomic mass is 10.2. The smallest absolute Gasteiger partial charge is 0.136 e. The van der Waals surface area contributed by atoms with Crippen molar-refractivity contribution in [1.82, 2.24) is 0 Å². The van der Waals surface area contributed by atoms with Gasteiger partial charge in [-0.05, 0) is 24.0 Å². The van der Waals surface area contributed by atoms with Gasteiger partial charge in [-0.1, -0.05) is 6.92 Å². The highest BCUT2D eigenvalue weighted by Crippen LogP contribution is 2.22. The highest BCUT2D eigenvalue weighted by atomic mass is 32.2. The zero-order valence-electron chi connectivity index (χ0n) is 6.67. The van der Waals surface area contributed by atoms with Crippen molar-refractivity contribution in [3.8, 4) is 6.07 Å². The molecule has 0 unspecified atom stereocenters. The second-order valence-corrected chi connectivity index (χ2v) is 3.50. The van der Waals surface area contributed by atoms with Gasteiger partial charge in [0.25, 0.3) is 0 Å². The lowest BCUT2D eigenvalue weighted by Gasteiger charge is -1.99. The summed E-state index contributed by atoms with van der Waals surface area (Å²) >= 11 is 1.41. The van der Waals surface area contributed by atoms with Gasteiger partial charge in [0, 0.05) is 4.90 Å². The Labute approximate surface area is 75.2 Å². The molecule has 0 aliphatic carbocycles. The number of benzene rings is 1. The minimum atomic E-state index is -0.249. The van der Waals surface area contributed by atoms with Crippen LogP contribution in [0.15, 0.2) is 23.1 Å². The summed E-state index contributed by atoms with van der Waals surface area (Å²) in [5.41, 5.74) is 0.507. The second-order valence-electron chi connectivity index (χ2n) is 2.19. The molecule has 0 aliphatic heterocycles. The molecule has 0 aromatic heterocycles. The first-order chi connectivity index (χ1) is 5.77. The average Bonchev–Trinajstić information content (AvgIpc) is 2.09. The zero-order valence-corrected chi connectivity index (χ0v) is 7.49. The number of hydrogen-bond acceptors (Lipinski definition) is 2. The van der Waals surface area contributed by atoms with Crippen LogP contribution in [-0.2, 0) is 0 Å². The van der Waals surface area contributed by atoms with Gasteiger partial charge >= 0.3 is 0 Å². The van der Waals surface area contributed by atoms with E-state index in [1.165, 1.54) is 23.9 Å². The second kappa shape index (κ2) is 4.13. The molecular formula is C9H8FNS. The average molecular weight is 181 g/mol. The first-order valence-corrected chi connectivity index (χ1v) is 4.59. The highest BCUT2D eigenvalue weighted by molar-refractivity contribution is 7.99. The number of halogens is 1. The van der Waals surface area contributed by atoms with Crippen LogP contribution >= 0.6 is 11.8 Å². The molecule has 3 heteroatoms. The summed E-state index contributed by atoms with van der Waals surface area (Å²) in [4.78, 5) is 0.552. The van der Waals surface area contributed by atoms with E-state index < -0.39 is 0 Å². The van der Waals surface area contributed by atoms with Crippen LogP contribution in [0.5, 0.6) is 0 Å². The van der Waals surface area contributed by atoms with E-state index in [1.807, 2.05) is 13.0 Å². The molecule has 0 radical (unpaired) electrons. The molecule has 0 atom stereocenters. The third-order valence-corrected chi connectivity index (χ3v) is 2.27. The normalized spacial score (nSPS) is 9.42. The Morgan fingerprint density at radius 3 is 2.92 bits per heavy atom. The maximum Gasteiger partial charge on any atom is 0.136 e. The molecule has 0 spiro atoms. The first-order valence-electron chi connectivity index (χ1n) is 3.60. The maximum absolute atomic E-state index is 13.0. The molecule has 0 fully saturated rings. The molecule has 0 saturated heterocycles. The van der Waals surface area contributed by atoms with Crippen LogP contribution in [0, 0.1) is 17.1 Å². The van der Waals surface area contributed by atoms with E-state index in [4.69, 9.17) is 5.26 Å². The summed E-state index contributed by atoms with van der Waals surface area (Å²) in [6, 6.07) is 6.36. The van der Waals surface area contributed by atoms with Crippen LogP contribution in [0.1, 0.15) is 12.5 Å². The van der Waals surface area contributed by atoms with Gasteiger partial charge in [0.05, 0.1) is 11.6 Å². The minimum absolute atomic E-state index is 0.249. The van der Waals surface area contributed by atoms with Gasteiger partial charge in [0.1, 0.15) is 5.82 Å². The molecule has 0 heterocycles. The van der Waals surface area contributed by atoms with Crippen LogP contribution in [0.25, 0.3) is 0 Å². The Hall–Kier alpha value is -1.01. The summed E-state index contributed by atoms with van der Waals surface area (Å²) < 4.78 is 13.0. The molecule has 0 amide bonds. The molecule has 12 heavy (non-hydrogen) atoms. The predicted octanol–water partition coefficient (Wildman–Crippen LogP) is 2.81. The van der Waals surface area contributed by atoms with Crippen molar-refractivity contribution < 1.29 is 4.39 Å². The van der Waals surface area contributed by atoms with Gasteiger partial charge in [0.15, 0.2) is 0 Å². The third-order valence-electron chi connectivity index (χ3n) is 1.36. The topological polar surface area (TPSA) is 23.8 Å². The van der Waals surface area contributed by atoms with E-state index in [-0.39, 0.29) is 5.82 Å². The van der Waals surface area contributed by atoms with Gasteiger partial charge < -0.3 is 0 Å². The van der Waals surface area contributed by atoms with Gasteiger partial charge in [0.2, 0.25) is 0 Å². The molecule has 1 rings (SSSR count). The first kappa shape index (κ1) is 9.08. The molecule has 0 saturated carbocycles. The van der Waals surface area contributed by atoms with Gasteiger partial charge in [-0.15, -0.1) is 11.8 Å². The number of nitrogens with zero attached hydrogens (tertiary/aromatic N) is 1. The Bertz CT molecular complexity index is 317. The Morgan fingerprint density at radius 2 is 2.33 bits per heavy atom. The van der Waals surface area contributed by atoms with E-state index in [1.54, 1.807) is 6.07 Å². The molecule has 1 aromatic carbocycles. The highest BCUT2D eigenvalue weighted by Gasteiger charge is 2.02. The fourth-order valence-corrected chi connectivity index (χ4v) is 1.57. The van der Waals surface area contributed by atoms with Crippen molar-refractivity contribution in [2.45, 2.75) is 11.8 Å². The Kier molecular flexibility index (Phi) is 3.12. The third kappa shape index (κ3) is 1.99. The van der Waals surface area contributed by atoms with Crippen molar-refractivity contribution in [2.75, 3.05) is 5.75 Å². The zero-order chi connectivity index (χ0) is 8.97. The quantitative estimate of drug-likeness (QED) is 0.655. The van der Waals surface area contributed by atoms with Crippen LogP contribution in [-0.4, -0.2) is 5.75 Å². The minimum Gasteiger partial charge on any atom is -0.206 e. The van der Waals surface area contributed by atoms with Gasteiger partial charge in [-0.3, -0.25) is 0 Å². The van der Waals surface area contributed by atoms with Gasteiger partial charge in [-0.25, -0.2) is 4.39 Å². The molecule has 0 bridgehead atoms. The fourth-order valence-electron chi connectivity index (χ4n) is 0.839. The van der Waals surface area contributed by atoms with E-state index >= 15 is 0 Å². The van der Waals surface area contributed by atoms with Crippen molar-refractivity contribution in [1.29, 1.82) is 5.26 Å². The molecule has 0 N–H and O–H groups in total. The fraction of sp³-hybridized carbons (Fsp3) is 0.222. The van der Waals surface area contributed by atoms with E-state index in [2.05, 4.69) is 0 Å². The predicted molar refractivity (Wildman–Crippen MR) is 47.5 cm³/mol. The van der Waals surface area contributed by atoms with E-state index in [9.17, 15) is 4.39 Å². The number of hydrogen-bond donors (Lipinski definition) is 0. The Morgan fingerprint density at radius 1 is 1.58 bits per heavy atom. The van der Waals surface area contributed by atoms with Crippen LogP contribution in [0.4, 0.5) is 4.39 Å². The van der Waals surface area contributed by atoms with Crippen LogP contribution in [0.3, 0.4) is 0 Å². The molecule has 62 valence electrons. The van der Waals surface area contributed by atoms with Crippen molar-refractivity contribution in [2.24, 2.45) is 0 Å². The lowest BCUT2D eigenvalue weighted by molar-refractivity contribution is 0.602. The summed E-state index contributed by atoms with van der Waals surface area (Å²) in [5.74, 6) is 0.562. The SMILES string of the molecule is CCSc1cc(C#N)ccc1F.